The molecule has 1 aliphatic heterocycles. The maximum Gasteiger partial charge on any atom is 0.255 e. The van der Waals surface area contributed by atoms with Crippen LogP contribution in [0, 0.1) is 37.5 Å². The van der Waals surface area contributed by atoms with Crippen molar-refractivity contribution in [3.05, 3.63) is 70.8 Å². The summed E-state index contributed by atoms with van der Waals surface area (Å²) >= 11 is 0. The monoisotopic (exact) mass is 400 g/mol. The van der Waals surface area contributed by atoms with Crippen LogP contribution in [-0.2, 0) is 9.59 Å². The first-order chi connectivity index (χ1) is 14.4. The number of hydrogen-bond acceptors (Lipinski definition) is 3. The van der Waals surface area contributed by atoms with E-state index >= 15 is 0 Å². The third-order valence-electron chi connectivity index (χ3n) is 7.10. The van der Waals surface area contributed by atoms with Crippen molar-refractivity contribution in [1.29, 1.82) is 0 Å². The molecular formula is C25H24N2O3. The predicted octanol–water partition coefficient (Wildman–Crippen LogP) is 4.26. The summed E-state index contributed by atoms with van der Waals surface area (Å²) in [5, 5.41) is 2.94. The Hall–Kier alpha value is -3.21. The average Bonchev–Trinajstić information content (AvgIpc) is 3.36. The van der Waals surface area contributed by atoms with Gasteiger partial charge in [-0.1, -0.05) is 29.8 Å². The highest BCUT2D eigenvalue weighted by atomic mass is 16.2. The van der Waals surface area contributed by atoms with Gasteiger partial charge in [-0.05, 0) is 74.4 Å². The Kier molecular flexibility index (Phi) is 4.17. The topological polar surface area (TPSA) is 66.5 Å². The Bertz CT molecular complexity index is 1130. The van der Waals surface area contributed by atoms with Gasteiger partial charge in [0, 0.05) is 11.3 Å². The summed E-state index contributed by atoms with van der Waals surface area (Å²) in [4.78, 5) is 40.4. The number of fused-ring (bicyclic) bond motifs is 5. The lowest BCUT2D eigenvalue weighted by molar-refractivity contribution is -0.123. The van der Waals surface area contributed by atoms with Gasteiger partial charge in [0.25, 0.3) is 5.91 Å². The zero-order valence-corrected chi connectivity index (χ0v) is 17.3. The van der Waals surface area contributed by atoms with Crippen LogP contribution in [0.25, 0.3) is 0 Å². The van der Waals surface area contributed by atoms with E-state index in [4.69, 9.17) is 0 Å². The van der Waals surface area contributed by atoms with Crippen LogP contribution in [0.15, 0.2) is 54.1 Å². The predicted molar refractivity (Wildman–Crippen MR) is 115 cm³/mol. The van der Waals surface area contributed by atoms with Crippen LogP contribution >= 0.6 is 0 Å². The molecule has 0 unspecified atom stereocenters. The van der Waals surface area contributed by atoms with E-state index in [2.05, 4.69) is 18.3 Å². The van der Waals surface area contributed by atoms with Crippen molar-refractivity contribution < 1.29 is 14.4 Å². The van der Waals surface area contributed by atoms with Crippen LogP contribution < -0.4 is 10.2 Å². The molecule has 2 bridgehead atoms. The summed E-state index contributed by atoms with van der Waals surface area (Å²) in [6, 6.07) is 12.6. The zero-order chi connectivity index (χ0) is 21.2. The van der Waals surface area contributed by atoms with Crippen LogP contribution in [0.4, 0.5) is 11.4 Å². The molecule has 30 heavy (non-hydrogen) atoms. The van der Waals surface area contributed by atoms with Gasteiger partial charge in [-0.3, -0.25) is 14.4 Å². The number of nitrogens with one attached hydrogen (secondary N) is 1. The molecule has 2 fully saturated rings. The van der Waals surface area contributed by atoms with Gasteiger partial charge >= 0.3 is 0 Å². The normalized spacial score (nSPS) is 26.8. The molecule has 1 saturated heterocycles. The molecule has 1 N–H and O–H groups in total. The van der Waals surface area contributed by atoms with Crippen molar-refractivity contribution in [3.8, 4) is 0 Å². The first-order valence-electron chi connectivity index (χ1n) is 10.4. The molecule has 2 aromatic rings. The summed E-state index contributed by atoms with van der Waals surface area (Å²) in [5.74, 6) is -0.680. The SMILES string of the molecule is CC1=C[C@H]2C[C@H]1[C@@H]1C(=O)N(c3cccc(C(=O)Nc4cccc(C)c4C)c3)C(=O)[C@H]12. The Morgan fingerprint density at radius 2 is 1.73 bits per heavy atom. The fraction of sp³-hybridized carbons (Fsp3) is 0.320. The minimum Gasteiger partial charge on any atom is -0.322 e. The lowest BCUT2D eigenvalue weighted by Crippen LogP contribution is -2.33. The first kappa shape index (κ1) is 18.8. The summed E-state index contributed by atoms with van der Waals surface area (Å²) < 4.78 is 0. The second-order valence-corrected chi connectivity index (χ2v) is 8.73. The number of carbonyl (C=O) groups is 3. The van der Waals surface area contributed by atoms with E-state index in [0.29, 0.717) is 11.3 Å². The van der Waals surface area contributed by atoms with Crippen LogP contribution in [0.5, 0.6) is 0 Å². The van der Waals surface area contributed by atoms with Gasteiger partial charge in [0.2, 0.25) is 11.8 Å². The lowest BCUT2D eigenvalue weighted by Gasteiger charge is -2.19. The lowest BCUT2D eigenvalue weighted by atomic mass is 9.82. The van der Waals surface area contributed by atoms with Crippen molar-refractivity contribution >= 4 is 29.1 Å². The molecule has 3 amide bonds. The summed E-state index contributed by atoms with van der Waals surface area (Å²) in [6.07, 6.45) is 3.07. The number of amides is 3. The van der Waals surface area contributed by atoms with Crippen LogP contribution in [-0.4, -0.2) is 17.7 Å². The number of allylic oxidation sites excluding steroid dienone is 2. The molecule has 0 aromatic heterocycles. The molecule has 152 valence electrons. The average molecular weight is 400 g/mol. The highest BCUT2D eigenvalue weighted by molar-refractivity contribution is 6.23. The van der Waals surface area contributed by atoms with Crippen molar-refractivity contribution in [2.45, 2.75) is 27.2 Å². The smallest absolute Gasteiger partial charge is 0.255 e. The number of carbonyl (C=O) groups excluding carboxylic acids is 3. The molecule has 5 rings (SSSR count). The van der Waals surface area contributed by atoms with Crippen molar-refractivity contribution in [2.75, 3.05) is 10.2 Å². The molecule has 0 spiro atoms. The maximum atomic E-state index is 13.2. The number of aryl methyl sites for hydroxylation is 1. The van der Waals surface area contributed by atoms with Gasteiger partial charge < -0.3 is 5.32 Å². The second kappa shape index (κ2) is 6.66. The van der Waals surface area contributed by atoms with Crippen molar-refractivity contribution in [2.24, 2.45) is 23.7 Å². The minimum atomic E-state index is -0.262. The molecule has 5 nitrogen and oxygen atoms in total. The van der Waals surface area contributed by atoms with E-state index in [-0.39, 0.29) is 41.4 Å². The number of imide groups is 1. The van der Waals surface area contributed by atoms with E-state index in [1.807, 2.05) is 32.0 Å². The molecule has 1 saturated carbocycles. The number of benzene rings is 2. The second-order valence-electron chi connectivity index (χ2n) is 8.73. The molecule has 5 heteroatoms. The fourth-order valence-corrected chi connectivity index (χ4v) is 5.40. The van der Waals surface area contributed by atoms with E-state index in [0.717, 1.165) is 23.2 Å². The summed E-state index contributed by atoms with van der Waals surface area (Å²) in [6.45, 7) is 6.02. The molecule has 2 aromatic carbocycles. The third-order valence-corrected chi connectivity index (χ3v) is 7.10. The molecule has 3 aliphatic rings. The van der Waals surface area contributed by atoms with Gasteiger partial charge in [0.1, 0.15) is 0 Å². The van der Waals surface area contributed by atoms with Gasteiger partial charge in [-0.15, -0.1) is 0 Å². The van der Waals surface area contributed by atoms with E-state index in [1.165, 1.54) is 10.5 Å². The Morgan fingerprint density at radius 3 is 2.53 bits per heavy atom. The minimum absolute atomic E-state index is 0.128. The van der Waals surface area contributed by atoms with Crippen LogP contribution in [0.3, 0.4) is 0 Å². The van der Waals surface area contributed by atoms with Gasteiger partial charge in [-0.2, -0.15) is 0 Å². The van der Waals surface area contributed by atoms with Crippen molar-refractivity contribution in [3.63, 3.8) is 0 Å². The molecule has 0 radical (unpaired) electrons. The highest BCUT2D eigenvalue weighted by Crippen LogP contribution is 2.55. The van der Waals surface area contributed by atoms with Crippen LogP contribution in [0.1, 0.15) is 34.8 Å². The molecule has 1 heterocycles. The highest BCUT2D eigenvalue weighted by Gasteiger charge is 2.60. The standard InChI is InChI=1S/C25H24N2O3/c1-13-6-4-9-20(15(13)3)26-23(28)16-7-5-8-18(11-16)27-24(29)21-17-10-14(2)19(12-17)22(21)25(27)30/h4-11,17,19,21-22H,12H2,1-3H3,(H,26,28)/t17-,19+,21-,22-/m0/s1. The van der Waals surface area contributed by atoms with Crippen LogP contribution in [0.2, 0.25) is 0 Å². The third kappa shape index (κ3) is 2.65. The van der Waals surface area contributed by atoms with Gasteiger partial charge in [0.05, 0.1) is 17.5 Å². The molecule has 4 atom stereocenters. The van der Waals surface area contributed by atoms with Gasteiger partial charge in [-0.25, -0.2) is 4.90 Å². The van der Waals surface area contributed by atoms with E-state index < -0.39 is 0 Å². The summed E-state index contributed by atoms with van der Waals surface area (Å²) in [7, 11) is 0. The number of nitrogens with zero attached hydrogens (tertiary/aromatic N) is 1. The number of anilines is 2. The number of rotatable bonds is 3. The molecule has 2 aliphatic carbocycles. The maximum absolute atomic E-state index is 13.2. The van der Waals surface area contributed by atoms with Crippen molar-refractivity contribution in [1.82, 2.24) is 0 Å². The Labute approximate surface area is 175 Å². The van der Waals surface area contributed by atoms with E-state index in [9.17, 15) is 14.4 Å². The molecular weight excluding hydrogens is 376 g/mol. The Morgan fingerprint density at radius 1 is 1.00 bits per heavy atom. The quantitative estimate of drug-likeness (QED) is 0.618. The Balaban J connectivity index is 1.42. The summed E-state index contributed by atoms with van der Waals surface area (Å²) in [5.41, 5.74) is 4.99. The number of hydrogen-bond donors (Lipinski definition) is 1. The zero-order valence-electron chi connectivity index (χ0n) is 17.3. The van der Waals surface area contributed by atoms with Gasteiger partial charge in [0.15, 0.2) is 0 Å². The van der Waals surface area contributed by atoms with E-state index in [1.54, 1.807) is 24.3 Å². The largest absolute Gasteiger partial charge is 0.322 e. The fourth-order valence-electron chi connectivity index (χ4n) is 5.40. The first-order valence-corrected chi connectivity index (χ1v) is 10.4.